The van der Waals surface area contributed by atoms with Crippen molar-refractivity contribution in [1.29, 1.82) is 0 Å². The number of carbonyl (C=O) groups excluding carboxylic acids is 4. The Morgan fingerprint density at radius 1 is 1.27 bits per heavy atom. The highest BCUT2D eigenvalue weighted by Crippen LogP contribution is 2.29. The second kappa shape index (κ2) is 7.55. The highest BCUT2D eigenvalue weighted by Gasteiger charge is 2.37. The molecular weight excluding hydrogens is 338 g/mol. The Kier molecular flexibility index (Phi) is 5.20. The van der Waals surface area contributed by atoms with Crippen molar-refractivity contribution in [3.63, 3.8) is 0 Å². The zero-order valence-corrected chi connectivity index (χ0v) is 14.6. The molecule has 2 aliphatic heterocycles. The molecule has 1 aromatic carbocycles. The normalized spacial score (nSPS) is 19.7. The molecule has 3 rings (SSSR count). The van der Waals surface area contributed by atoms with Gasteiger partial charge in [0.1, 0.15) is 0 Å². The third-order valence-electron chi connectivity index (χ3n) is 4.62. The minimum Gasteiger partial charge on any atom is -0.455 e. The standard InChI is InChI=1S/C18H21N3O5/c1-2-12-5-3-4-6-14(12)21-10-13(9-15(21)22)17(24)26-11-16(23)20-8-7-19-18(20)25/h3-6,13H,2,7-11H2,1H3,(H,19,25)/t13-/m1/s1. The number of anilines is 1. The number of hydrogen-bond acceptors (Lipinski definition) is 5. The van der Waals surface area contributed by atoms with Crippen molar-refractivity contribution in [3.05, 3.63) is 29.8 Å². The highest BCUT2D eigenvalue weighted by atomic mass is 16.5. The fourth-order valence-corrected chi connectivity index (χ4v) is 3.21. The SMILES string of the molecule is CCc1ccccc1N1C[C@H](C(=O)OCC(=O)N2CCNC2=O)CC1=O. The van der Waals surface area contributed by atoms with Crippen LogP contribution in [0.25, 0.3) is 0 Å². The maximum atomic E-state index is 12.3. The average molecular weight is 359 g/mol. The summed E-state index contributed by atoms with van der Waals surface area (Å²) in [4.78, 5) is 50.5. The number of esters is 1. The molecule has 2 fully saturated rings. The Hall–Kier alpha value is -2.90. The van der Waals surface area contributed by atoms with Gasteiger partial charge in [0.25, 0.3) is 5.91 Å². The first-order valence-corrected chi connectivity index (χ1v) is 8.64. The second-order valence-corrected chi connectivity index (χ2v) is 6.27. The Labute approximate surface area is 151 Å². The topological polar surface area (TPSA) is 96.0 Å². The van der Waals surface area contributed by atoms with Crippen LogP contribution in [0.1, 0.15) is 18.9 Å². The monoisotopic (exact) mass is 359 g/mol. The number of amides is 4. The Morgan fingerprint density at radius 2 is 2.04 bits per heavy atom. The van der Waals surface area contributed by atoms with Crippen LogP contribution in [0, 0.1) is 5.92 Å². The van der Waals surface area contributed by atoms with E-state index in [0.717, 1.165) is 22.6 Å². The van der Waals surface area contributed by atoms with Crippen LogP contribution >= 0.6 is 0 Å². The summed E-state index contributed by atoms with van der Waals surface area (Å²) in [5, 5.41) is 2.51. The van der Waals surface area contributed by atoms with Gasteiger partial charge in [-0.05, 0) is 18.1 Å². The van der Waals surface area contributed by atoms with Gasteiger partial charge in [0.2, 0.25) is 5.91 Å². The van der Waals surface area contributed by atoms with Crippen LogP contribution in [0.2, 0.25) is 0 Å². The van der Waals surface area contributed by atoms with E-state index in [4.69, 9.17) is 4.74 Å². The second-order valence-electron chi connectivity index (χ2n) is 6.27. The maximum Gasteiger partial charge on any atom is 0.324 e. The van der Waals surface area contributed by atoms with Gasteiger partial charge >= 0.3 is 12.0 Å². The molecule has 8 nitrogen and oxygen atoms in total. The van der Waals surface area contributed by atoms with Crippen LogP contribution in [-0.4, -0.2) is 55.0 Å². The molecule has 1 atom stereocenters. The minimum absolute atomic E-state index is 0.0509. The summed E-state index contributed by atoms with van der Waals surface area (Å²) in [7, 11) is 0. The highest BCUT2D eigenvalue weighted by molar-refractivity contribution is 6.01. The van der Waals surface area contributed by atoms with Gasteiger partial charge in [-0.15, -0.1) is 0 Å². The van der Waals surface area contributed by atoms with Gasteiger partial charge in [-0.2, -0.15) is 0 Å². The van der Waals surface area contributed by atoms with E-state index in [1.54, 1.807) is 4.90 Å². The number of nitrogens with one attached hydrogen (secondary N) is 1. The van der Waals surface area contributed by atoms with Gasteiger partial charge in [0.05, 0.1) is 5.92 Å². The van der Waals surface area contributed by atoms with Crippen molar-refractivity contribution in [3.8, 4) is 0 Å². The van der Waals surface area contributed by atoms with Crippen molar-refractivity contribution in [2.45, 2.75) is 19.8 Å². The summed E-state index contributed by atoms with van der Waals surface area (Å²) in [6.07, 6.45) is 0.830. The molecule has 4 amide bonds. The zero-order chi connectivity index (χ0) is 18.7. The summed E-state index contributed by atoms with van der Waals surface area (Å²) in [5.74, 6) is -1.92. The summed E-state index contributed by atoms with van der Waals surface area (Å²) in [5.41, 5.74) is 1.84. The average Bonchev–Trinajstić information content (AvgIpc) is 3.25. The van der Waals surface area contributed by atoms with Crippen LogP contribution in [-0.2, 0) is 25.5 Å². The predicted molar refractivity (Wildman–Crippen MR) is 92.4 cm³/mol. The molecule has 0 saturated carbocycles. The van der Waals surface area contributed by atoms with Crippen LogP contribution < -0.4 is 10.2 Å². The molecule has 0 spiro atoms. The first-order valence-electron chi connectivity index (χ1n) is 8.64. The molecule has 1 N–H and O–H groups in total. The van der Waals surface area contributed by atoms with Crippen molar-refractivity contribution in [2.24, 2.45) is 5.92 Å². The summed E-state index contributed by atoms with van der Waals surface area (Å²) < 4.78 is 5.05. The number of rotatable bonds is 5. The first-order chi connectivity index (χ1) is 12.5. The Morgan fingerprint density at radius 3 is 2.73 bits per heavy atom. The molecule has 0 aliphatic carbocycles. The summed E-state index contributed by atoms with van der Waals surface area (Å²) in [6, 6.07) is 7.10. The molecule has 138 valence electrons. The molecule has 0 bridgehead atoms. The quantitative estimate of drug-likeness (QED) is 0.781. The molecule has 0 radical (unpaired) electrons. The number of urea groups is 1. The molecule has 1 aromatic rings. The summed E-state index contributed by atoms with van der Waals surface area (Å²) >= 11 is 0. The fourth-order valence-electron chi connectivity index (χ4n) is 3.21. The molecule has 26 heavy (non-hydrogen) atoms. The van der Waals surface area contributed by atoms with Gasteiger partial charge in [-0.3, -0.25) is 19.3 Å². The molecule has 0 aromatic heterocycles. The van der Waals surface area contributed by atoms with E-state index < -0.39 is 30.4 Å². The van der Waals surface area contributed by atoms with E-state index in [0.29, 0.717) is 6.54 Å². The smallest absolute Gasteiger partial charge is 0.324 e. The van der Waals surface area contributed by atoms with E-state index in [1.807, 2.05) is 31.2 Å². The summed E-state index contributed by atoms with van der Waals surface area (Å²) in [6.45, 7) is 2.39. The van der Waals surface area contributed by atoms with Crippen molar-refractivity contribution < 1.29 is 23.9 Å². The molecule has 2 saturated heterocycles. The van der Waals surface area contributed by atoms with Crippen LogP contribution in [0.15, 0.2) is 24.3 Å². The number of ether oxygens (including phenoxy) is 1. The largest absolute Gasteiger partial charge is 0.455 e. The minimum atomic E-state index is -0.618. The molecular formula is C18H21N3O5. The van der Waals surface area contributed by atoms with Gasteiger partial charge in [-0.1, -0.05) is 25.1 Å². The number of hydrogen-bond donors (Lipinski definition) is 1. The van der Waals surface area contributed by atoms with Crippen LogP contribution in [0.4, 0.5) is 10.5 Å². The zero-order valence-electron chi connectivity index (χ0n) is 14.6. The van der Waals surface area contributed by atoms with Crippen LogP contribution in [0.5, 0.6) is 0 Å². The Balaban J connectivity index is 1.59. The fraction of sp³-hybridized carbons (Fsp3) is 0.444. The lowest BCUT2D eigenvalue weighted by Gasteiger charge is -2.19. The third-order valence-corrected chi connectivity index (χ3v) is 4.62. The number of benzene rings is 1. The van der Waals surface area contributed by atoms with Gasteiger partial charge in [0.15, 0.2) is 6.61 Å². The predicted octanol–water partition coefficient (Wildman–Crippen LogP) is 0.697. The number of carbonyl (C=O) groups is 4. The maximum absolute atomic E-state index is 12.3. The number of para-hydroxylation sites is 1. The van der Waals surface area contributed by atoms with Gasteiger partial charge in [-0.25, -0.2) is 4.79 Å². The molecule has 8 heteroatoms. The molecule has 2 heterocycles. The van der Waals surface area contributed by atoms with Crippen molar-refractivity contribution >= 4 is 29.5 Å². The lowest BCUT2D eigenvalue weighted by atomic mass is 10.1. The van der Waals surface area contributed by atoms with E-state index >= 15 is 0 Å². The van der Waals surface area contributed by atoms with E-state index in [-0.39, 0.29) is 25.4 Å². The third kappa shape index (κ3) is 3.54. The van der Waals surface area contributed by atoms with E-state index in [2.05, 4.69) is 5.32 Å². The van der Waals surface area contributed by atoms with E-state index in [9.17, 15) is 19.2 Å². The molecule has 2 aliphatic rings. The lowest BCUT2D eigenvalue weighted by molar-refractivity contribution is -0.154. The van der Waals surface area contributed by atoms with Gasteiger partial charge < -0.3 is 15.0 Å². The number of nitrogens with zero attached hydrogens (tertiary/aromatic N) is 2. The number of aryl methyl sites for hydroxylation is 1. The molecule has 0 unspecified atom stereocenters. The van der Waals surface area contributed by atoms with E-state index in [1.165, 1.54) is 0 Å². The van der Waals surface area contributed by atoms with Gasteiger partial charge in [0, 0.05) is 31.7 Å². The Bertz CT molecular complexity index is 748. The van der Waals surface area contributed by atoms with Crippen LogP contribution in [0.3, 0.4) is 0 Å². The van der Waals surface area contributed by atoms with Crippen molar-refractivity contribution in [2.75, 3.05) is 31.1 Å². The van der Waals surface area contributed by atoms with Crippen molar-refractivity contribution in [1.82, 2.24) is 10.2 Å². The first kappa shape index (κ1) is 17.9. The lowest BCUT2D eigenvalue weighted by Crippen LogP contribution is -2.38. The number of imide groups is 1.